The minimum atomic E-state index is -1.09. The summed E-state index contributed by atoms with van der Waals surface area (Å²) in [5.74, 6) is -1.27. The number of carboxylic acids is 1. The average molecular weight is 423 g/mol. The SMILES string of the molecule is CC/C=C\CCCCCCCCCCCCCCC(CC(=O)/C=C/C(=O)O)OCC. The Hall–Kier alpha value is -1.42. The second-order valence-corrected chi connectivity index (χ2v) is 8.12. The summed E-state index contributed by atoms with van der Waals surface area (Å²) in [6, 6.07) is 0. The normalized spacial score (nSPS) is 12.7. The molecule has 0 radical (unpaired) electrons. The van der Waals surface area contributed by atoms with Crippen LogP contribution in [0.2, 0.25) is 0 Å². The molecule has 0 heterocycles. The number of unbranched alkanes of at least 4 members (excludes halogenated alkanes) is 12. The summed E-state index contributed by atoms with van der Waals surface area (Å²) in [7, 11) is 0. The van der Waals surface area contributed by atoms with Crippen molar-refractivity contribution in [1.29, 1.82) is 0 Å². The molecule has 30 heavy (non-hydrogen) atoms. The van der Waals surface area contributed by atoms with Gasteiger partial charge in [-0.2, -0.15) is 0 Å². The zero-order chi connectivity index (χ0) is 22.3. The van der Waals surface area contributed by atoms with Gasteiger partial charge < -0.3 is 9.84 Å². The molecule has 0 rings (SSSR count). The molecular formula is C26H46O4. The van der Waals surface area contributed by atoms with Crippen LogP contribution in [0.4, 0.5) is 0 Å². The number of carbonyl (C=O) groups is 2. The highest BCUT2D eigenvalue weighted by molar-refractivity contribution is 5.95. The largest absolute Gasteiger partial charge is 0.478 e. The van der Waals surface area contributed by atoms with Crippen LogP contribution in [-0.2, 0) is 14.3 Å². The monoisotopic (exact) mass is 422 g/mol. The van der Waals surface area contributed by atoms with Gasteiger partial charge >= 0.3 is 5.97 Å². The lowest BCUT2D eigenvalue weighted by Crippen LogP contribution is -2.17. The van der Waals surface area contributed by atoms with Crippen molar-refractivity contribution in [2.24, 2.45) is 0 Å². The maximum absolute atomic E-state index is 11.8. The molecule has 0 spiro atoms. The van der Waals surface area contributed by atoms with E-state index in [1.54, 1.807) is 0 Å². The van der Waals surface area contributed by atoms with Gasteiger partial charge in [-0.25, -0.2) is 4.79 Å². The van der Waals surface area contributed by atoms with E-state index in [4.69, 9.17) is 9.84 Å². The molecule has 0 aromatic carbocycles. The molecular weight excluding hydrogens is 376 g/mol. The molecule has 0 aliphatic heterocycles. The first-order valence-electron chi connectivity index (χ1n) is 12.3. The molecule has 0 aromatic heterocycles. The van der Waals surface area contributed by atoms with E-state index in [-0.39, 0.29) is 18.3 Å². The summed E-state index contributed by atoms with van der Waals surface area (Å²) >= 11 is 0. The van der Waals surface area contributed by atoms with Crippen LogP contribution < -0.4 is 0 Å². The van der Waals surface area contributed by atoms with Crippen molar-refractivity contribution >= 4 is 11.8 Å². The first-order valence-corrected chi connectivity index (χ1v) is 12.3. The van der Waals surface area contributed by atoms with Gasteiger partial charge in [-0.05, 0) is 38.7 Å². The summed E-state index contributed by atoms with van der Waals surface area (Å²) < 4.78 is 5.64. The third-order valence-electron chi connectivity index (χ3n) is 5.29. The van der Waals surface area contributed by atoms with Crippen molar-refractivity contribution in [3.8, 4) is 0 Å². The highest BCUT2D eigenvalue weighted by Gasteiger charge is 2.12. The number of ketones is 1. The number of carbonyl (C=O) groups excluding carboxylic acids is 1. The van der Waals surface area contributed by atoms with Crippen LogP contribution in [-0.4, -0.2) is 29.6 Å². The summed E-state index contributed by atoms with van der Waals surface area (Å²) in [6.45, 7) is 4.69. The minimum absolute atomic E-state index is 0.0939. The van der Waals surface area contributed by atoms with Gasteiger partial charge in [0.2, 0.25) is 0 Å². The predicted molar refractivity (Wildman–Crippen MR) is 126 cm³/mol. The highest BCUT2D eigenvalue weighted by Crippen LogP contribution is 2.15. The Kier molecular flexibility index (Phi) is 21.2. The van der Waals surface area contributed by atoms with Crippen LogP contribution in [0.25, 0.3) is 0 Å². The van der Waals surface area contributed by atoms with Crippen LogP contribution in [0.5, 0.6) is 0 Å². The van der Waals surface area contributed by atoms with Crippen molar-refractivity contribution in [1.82, 2.24) is 0 Å². The molecule has 174 valence electrons. The maximum atomic E-state index is 11.8. The van der Waals surface area contributed by atoms with Gasteiger partial charge in [0.1, 0.15) is 0 Å². The molecule has 4 nitrogen and oxygen atoms in total. The van der Waals surface area contributed by atoms with E-state index in [0.717, 1.165) is 31.4 Å². The van der Waals surface area contributed by atoms with Gasteiger partial charge in [0.15, 0.2) is 5.78 Å². The molecule has 4 heteroatoms. The minimum Gasteiger partial charge on any atom is -0.478 e. The second-order valence-electron chi connectivity index (χ2n) is 8.12. The van der Waals surface area contributed by atoms with E-state index in [1.807, 2.05) is 6.92 Å². The van der Waals surface area contributed by atoms with Crippen LogP contribution in [0.15, 0.2) is 24.3 Å². The Morgan fingerprint density at radius 1 is 0.767 bits per heavy atom. The van der Waals surface area contributed by atoms with Crippen molar-refractivity contribution in [2.45, 2.75) is 123 Å². The molecule has 0 saturated heterocycles. The van der Waals surface area contributed by atoms with E-state index in [1.165, 1.54) is 77.0 Å². The van der Waals surface area contributed by atoms with Crippen LogP contribution in [0, 0.1) is 0 Å². The van der Waals surface area contributed by atoms with Crippen LogP contribution in [0.1, 0.15) is 117 Å². The number of hydrogen-bond acceptors (Lipinski definition) is 3. The van der Waals surface area contributed by atoms with E-state index >= 15 is 0 Å². The first kappa shape index (κ1) is 28.6. The van der Waals surface area contributed by atoms with E-state index in [9.17, 15) is 9.59 Å². The Morgan fingerprint density at radius 2 is 1.30 bits per heavy atom. The van der Waals surface area contributed by atoms with Gasteiger partial charge in [-0.15, -0.1) is 0 Å². The van der Waals surface area contributed by atoms with Crippen molar-refractivity contribution < 1.29 is 19.4 Å². The molecule has 0 aliphatic carbocycles. The van der Waals surface area contributed by atoms with Crippen molar-refractivity contribution in [3.63, 3.8) is 0 Å². The molecule has 0 amide bonds. The van der Waals surface area contributed by atoms with Gasteiger partial charge in [0.05, 0.1) is 6.10 Å². The molecule has 0 bridgehead atoms. The number of ether oxygens (including phenoxy) is 1. The fraction of sp³-hybridized carbons (Fsp3) is 0.769. The molecule has 0 saturated carbocycles. The molecule has 1 N–H and O–H groups in total. The van der Waals surface area contributed by atoms with Crippen molar-refractivity contribution in [3.05, 3.63) is 24.3 Å². The lowest BCUT2D eigenvalue weighted by atomic mass is 10.0. The van der Waals surface area contributed by atoms with E-state index in [2.05, 4.69) is 19.1 Å². The fourth-order valence-corrected chi connectivity index (χ4v) is 3.62. The number of allylic oxidation sites excluding steroid dienone is 3. The predicted octanol–water partition coefficient (Wildman–Crippen LogP) is 7.42. The number of aliphatic carboxylic acids is 1. The lowest BCUT2D eigenvalue weighted by Gasteiger charge is -2.15. The molecule has 0 aliphatic rings. The standard InChI is InChI=1S/C26H46O4/c1-3-5-6-7-8-9-10-11-12-13-14-15-16-17-18-19-20-25(30-4-2)23-24(27)21-22-26(28)29/h5-6,21-22,25H,3-4,7-20,23H2,1-2H3,(H,28,29)/b6-5-,22-21+. The summed E-state index contributed by atoms with van der Waals surface area (Å²) in [5, 5.41) is 8.59. The number of hydrogen-bond donors (Lipinski definition) is 1. The van der Waals surface area contributed by atoms with Crippen LogP contribution in [0.3, 0.4) is 0 Å². The topological polar surface area (TPSA) is 63.6 Å². The molecule has 0 aromatic rings. The summed E-state index contributed by atoms with van der Waals surface area (Å²) in [5.41, 5.74) is 0. The van der Waals surface area contributed by atoms with E-state index < -0.39 is 5.97 Å². The number of rotatable bonds is 22. The first-order chi connectivity index (χ1) is 14.6. The van der Waals surface area contributed by atoms with Gasteiger partial charge in [0, 0.05) is 19.1 Å². The zero-order valence-electron chi connectivity index (χ0n) is 19.6. The Bertz CT molecular complexity index is 468. The zero-order valence-corrected chi connectivity index (χ0v) is 19.6. The van der Waals surface area contributed by atoms with Gasteiger partial charge in [-0.1, -0.05) is 89.7 Å². The summed E-state index contributed by atoms with van der Waals surface area (Å²) in [6.07, 6.45) is 25.8. The maximum Gasteiger partial charge on any atom is 0.328 e. The molecule has 1 unspecified atom stereocenters. The Balaban J connectivity index is 3.52. The molecule has 1 atom stereocenters. The summed E-state index contributed by atoms with van der Waals surface area (Å²) in [4.78, 5) is 22.3. The lowest BCUT2D eigenvalue weighted by molar-refractivity contribution is -0.131. The average Bonchev–Trinajstić information content (AvgIpc) is 2.72. The van der Waals surface area contributed by atoms with E-state index in [0.29, 0.717) is 6.61 Å². The Labute approximate surface area is 185 Å². The third kappa shape index (κ3) is 21.3. The Morgan fingerprint density at radius 3 is 1.80 bits per heavy atom. The van der Waals surface area contributed by atoms with Crippen LogP contribution >= 0.6 is 0 Å². The smallest absolute Gasteiger partial charge is 0.328 e. The van der Waals surface area contributed by atoms with Gasteiger partial charge in [0.25, 0.3) is 0 Å². The number of carboxylic acid groups (broad SMARTS) is 1. The van der Waals surface area contributed by atoms with Crippen molar-refractivity contribution in [2.75, 3.05) is 6.61 Å². The quantitative estimate of drug-likeness (QED) is 0.112. The van der Waals surface area contributed by atoms with Gasteiger partial charge in [-0.3, -0.25) is 4.79 Å². The molecule has 0 fully saturated rings. The second kappa shape index (κ2) is 22.3. The fourth-order valence-electron chi connectivity index (χ4n) is 3.62. The highest BCUT2D eigenvalue weighted by atomic mass is 16.5. The third-order valence-corrected chi connectivity index (χ3v) is 5.29.